The maximum absolute atomic E-state index is 12.5. The Labute approximate surface area is 147 Å². The molecule has 12 heteroatoms. The van der Waals surface area contributed by atoms with E-state index in [2.05, 4.69) is 15.4 Å². The van der Waals surface area contributed by atoms with Crippen molar-refractivity contribution in [2.24, 2.45) is 0 Å². The molecule has 26 heavy (non-hydrogen) atoms. The molecule has 0 radical (unpaired) electrons. The van der Waals surface area contributed by atoms with E-state index in [1.165, 1.54) is 41.3 Å². The number of carbonyl (C=O) groups excluding carboxylic acids is 1. The Morgan fingerprint density at radius 2 is 1.96 bits per heavy atom. The van der Waals surface area contributed by atoms with E-state index in [0.29, 0.717) is 17.0 Å². The first-order chi connectivity index (χ1) is 12.2. The van der Waals surface area contributed by atoms with Crippen molar-refractivity contribution in [2.75, 3.05) is 5.32 Å². The van der Waals surface area contributed by atoms with Crippen LogP contribution in [0, 0.1) is 10.1 Å². The van der Waals surface area contributed by atoms with Gasteiger partial charge >= 0.3 is 6.18 Å². The van der Waals surface area contributed by atoms with Crippen molar-refractivity contribution in [3.05, 3.63) is 63.4 Å². The van der Waals surface area contributed by atoms with Gasteiger partial charge in [0.1, 0.15) is 0 Å². The number of nitrogens with zero attached hydrogens (tertiary/aromatic N) is 4. The Kier molecular flexibility index (Phi) is 4.42. The van der Waals surface area contributed by atoms with Crippen LogP contribution in [0.25, 0.3) is 5.69 Å². The summed E-state index contributed by atoms with van der Waals surface area (Å²) in [5, 5.41) is 17.5. The van der Waals surface area contributed by atoms with Crippen LogP contribution in [-0.2, 0) is 6.18 Å². The minimum absolute atomic E-state index is 0.0899. The molecule has 134 valence electrons. The number of halogens is 3. The molecule has 0 atom stereocenters. The molecule has 0 aliphatic heterocycles. The summed E-state index contributed by atoms with van der Waals surface area (Å²) in [5.41, 5.74) is -0.613. The van der Waals surface area contributed by atoms with E-state index < -0.39 is 22.7 Å². The van der Waals surface area contributed by atoms with Gasteiger partial charge in [-0.1, -0.05) is 0 Å². The number of alkyl halides is 3. The van der Waals surface area contributed by atoms with Crippen LogP contribution in [0.4, 0.5) is 24.0 Å². The fourth-order valence-corrected chi connectivity index (χ4v) is 2.65. The third-order valence-electron chi connectivity index (χ3n) is 3.18. The molecule has 0 saturated carbocycles. The molecule has 1 aromatic carbocycles. The highest BCUT2D eigenvalue weighted by Crippen LogP contribution is 2.31. The summed E-state index contributed by atoms with van der Waals surface area (Å²) in [6, 6.07) is 5.46. The predicted molar refractivity (Wildman–Crippen MR) is 85.3 cm³/mol. The third-order valence-corrected chi connectivity index (χ3v) is 3.94. The van der Waals surface area contributed by atoms with Crippen LogP contribution in [0.3, 0.4) is 0 Å². The molecule has 0 aliphatic carbocycles. The quantitative estimate of drug-likeness (QED) is 0.549. The van der Waals surface area contributed by atoms with Gasteiger partial charge in [0, 0.05) is 23.7 Å². The van der Waals surface area contributed by atoms with E-state index in [1.807, 2.05) is 0 Å². The van der Waals surface area contributed by atoms with Crippen molar-refractivity contribution in [1.29, 1.82) is 0 Å². The normalized spacial score (nSPS) is 11.3. The molecule has 0 fully saturated rings. The molecule has 0 spiro atoms. The second-order valence-corrected chi connectivity index (χ2v) is 5.79. The summed E-state index contributed by atoms with van der Waals surface area (Å²) < 4.78 is 38.8. The van der Waals surface area contributed by atoms with Crippen molar-refractivity contribution in [2.45, 2.75) is 6.18 Å². The molecule has 0 bridgehead atoms. The van der Waals surface area contributed by atoms with Gasteiger partial charge in [0.05, 0.1) is 22.4 Å². The lowest BCUT2D eigenvalue weighted by molar-refractivity contribution is -0.384. The lowest BCUT2D eigenvalue weighted by Gasteiger charge is -2.01. The average molecular weight is 383 g/mol. The number of nitrogens with one attached hydrogen (secondary N) is 1. The van der Waals surface area contributed by atoms with Crippen LogP contribution in [0.5, 0.6) is 0 Å². The molecule has 1 N–H and O–H groups in total. The molecule has 0 aliphatic rings. The molecule has 0 saturated heterocycles. The van der Waals surface area contributed by atoms with Gasteiger partial charge in [-0.3, -0.25) is 20.2 Å². The number of carbonyl (C=O) groups is 1. The lowest BCUT2D eigenvalue weighted by atomic mass is 10.3. The zero-order valence-electron chi connectivity index (χ0n) is 12.6. The van der Waals surface area contributed by atoms with E-state index in [4.69, 9.17) is 0 Å². The number of benzene rings is 1. The standard InChI is InChI=1S/C14H8F3N5O3S/c15-14(16,17)11-7-26-13(19-11)20-12(23)8-5-18-21(6-8)9-1-3-10(4-2-9)22(24)25/h1-7H,(H,19,20,23). The number of hydrogen-bond donors (Lipinski definition) is 1. The first-order valence-electron chi connectivity index (χ1n) is 6.87. The number of thiazole rings is 1. The average Bonchev–Trinajstić information content (AvgIpc) is 3.24. The van der Waals surface area contributed by atoms with Crippen molar-refractivity contribution in [3.8, 4) is 5.69 Å². The maximum Gasteiger partial charge on any atom is 0.434 e. The van der Waals surface area contributed by atoms with Crippen molar-refractivity contribution in [3.63, 3.8) is 0 Å². The Hall–Kier alpha value is -3.28. The smallest absolute Gasteiger partial charge is 0.298 e. The predicted octanol–water partition coefficient (Wildman–Crippen LogP) is 3.51. The van der Waals surface area contributed by atoms with Gasteiger partial charge in [0.2, 0.25) is 0 Å². The summed E-state index contributed by atoms with van der Waals surface area (Å²) >= 11 is 0.653. The van der Waals surface area contributed by atoms with Gasteiger partial charge in [-0.2, -0.15) is 18.3 Å². The van der Waals surface area contributed by atoms with Gasteiger partial charge in [-0.15, -0.1) is 11.3 Å². The van der Waals surface area contributed by atoms with E-state index in [-0.39, 0.29) is 16.4 Å². The third kappa shape index (κ3) is 3.69. The second-order valence-electron chi connectivity index (χ2n) is 4.94. The number of nitro groups is 1. The SMILES string of the molecule is O=C(Nc1nc(C(F)(F)F)cs1)c1cnn(-c2ccc([N+](=O)[O-])cc2)c1. The van der Waals surface area contributed by atoms with Crippen LogP contribution in [-0.4, -0.2) is 25.6 Å². The molecular weight excluding hydrogens is 375 g/mol. The molecule has 0 unspecified atom stereocenters. The van der Waals surface area contributed by atoms with Gasteiger partial charge in [0.25, 0.3) is 11.6 Å². The van der Waals surface area contributed by atoms with Crippen molar-refractivity contribution in [1.82, 2.24) is 14.8 Å². The van der Waals surface area contributed by atoms with E-state index in [0.717, 1.165) is 5.38 Å². The highest BCUT2D eigenvalue weighted by atomic mass is 32.1. The number of amides is 1. The number of non-ortho nitro benzene ring substituents is 1. The summed E-state index contributed by atoms with van der Waals surface area (Å²) in [6.07, 6.45) is -2.02. The summed E-state index contributed by atoms with van der Waals surface area (Å²) in [7, 11) is 0. The lowest BCUT2D eigenvalue weighted by Crippen LogP contribution is -2.12. The van der Waals surface area contributed by atoms with Crippen molar-refractivity contribution < 1.29 is 22.9 Å². The number of aromatic nitrogens is 3. The highest BCUT2D eigenvalue weighted by molar-refractivity contribution is 7.14. The van der Waals surface area contributed by atoms with Crippen LogP contribution in [0.2, 0.25) is 0 Å². The van der Waals surface area contributed by atoms with E-state index >= 15 is 0 Å². The second kappa shape index (κ2) is 6.55. The number of nitro benzene ring substituents is 1. The Balaban J connectivity index is 1.73. The molecule has 8 nitrogen and oxygen atoms in total. The number of anilines is 1. The summed E-state index contributed by atoms with van der Waals surface area (Å²) in [6.45, 7) is 0. The fraction of sp³-hybridized carbons (Fsp3) is 0.0714. The minimum atomic E-state index is -4.58. The molecule has 2 aromatic heterocycles. The number of rotatable bonds is 4. The zero-order valence-corrected chi connectivity index (χ0v) is 13.4. The molecule has 2 heterocycles. The minimum Gasteiger partial charge on any atom is -0.298 e. The molecule has 3 rings (SSSR count). The summed E-state index contributed by atoms with van der Waals surface area (Å²) in [5.74, 6) is -0.679. The first-order valence-corrected chi connectivity index (χ1v) is 7.75. The maximum atomic E-state index is 12.5. The van der Waals surface area contributed by atoms with Gasteiger partial charge in [0.15, 0.2) is 10.8 Å². The molecule has 1 amide bonds. The molecular formula is C14H8F3N5O3S. The van der Waals surface area contributed by atoms with E-state index in [1.54, 1.807) is 0 Å². The monoisotopic (exact) mass is 383 g/mol. The number of hydrogen-bond acceptors (Lipinski definition) is 6. The Morgan fingerprint density at radius 3 is 2.54 bits per heavy atom. The van der Waals surface area contributed by atoms with Crippen molar-refractivity contribution >= 4 is 28.1 Å². The van der Waals surface area contributed by atoms with Gasteiger partial charge < -0.3 is 0 Å². The topological polar surface area (TPSA) is 103 Å². The largest absolute Gasteiger partial charge is 0.434 e. The fourth-order valence-electron chi connectivity index (χ4n) is 1.94. The van der Waals surface area contributed by atoms with E-state index in [9.17, 15) is 28.1 Å². The highest BCUT2D eigenvalue weighted by Gasteiger charge is 2.34. The van der Waals surface area contributed by atoms with Crippen LogP contribution in [0.15, 0.2) is 42.0 Å². The Bertz CT molecular complexity index is 965. The Morgan fingerprint density at radius 1 is 1.27 bits per heavy atom. The van der Waals surface area contributed by atoms with Gasteiger partial charge in [-0.05, 0) is 12.1 Å². The van der Waals surface area contributed by atoms with Crippen LogP contribution in [0.1, 0.15) is 16.1 Å². The molecule has 3 aromatic rings. The zero-order chi connectivity index (χ0) is 18.9. The summed E-state index contributed by atoms with van der Waals surface area (Å²) in [4.78, 5) is 25.5. The van der Waals surface area contributed by atoms with Gasteiger partial charge in [-0.25, -0.2) is 9.67 Å². The van der Waals surface area contributed by atoms with Crippen LogP contribution >= 0.6 is 11.3 Å². The first kappa shape index (κ1) is 17.5. The van der Waals surface area contributed by atoms with Crippen LogP contribution < -0.4 is 5.32 Å².